The average molecular weight is 560 g/mol. The Kier molecular flexibility index (Phi) is 10.3. The summed E-state index contributed by atoms with van der Waals surface area (Å²) in [5.74, 6) is -0.403. The lowest BCUT2D eigenvalue weighted by molar-refractivity contribution is -0.133. The molecule has 11 nitrogen and oxygen atoms in total. The monoisotopic (exact) mass is 559 g/mol. The number of allylic oxidation sites excluding steroid dienone is 1. The smallest absolute Gasteiger partial charge is 0.341 e. The lowest BCUT2D eigenvalue weighted by Crippen LogP contribution is -2.45. The maximum absolute atomic E-state index is 12.7. The molecule has 14 heteroatoms. The summed E-state index contributed by atoms with van der Waals surface area (Å²) in [5.41, 5.74) is 7.74. The normalized spacial score (nSPS) is 16.4. The van der Waals surface area contributed by atoms with Crippen LogP contribution in [-0.2, 0) is 4.79 Å². The van der Waals surface area contributed by atoms with Crippen LogP contribution in [0.2, 0.25) is 0 Å². The van der Waals surface area contributed by atoms with Crippen molar-refractivity contribution in [3.8, 4) is 11.3 Å². The Balaban J connectivity index is 1.67. The number of hydrogen-bond donors (Lipinski definition) is 6. The fraction of sp³-hybridized carbons (Fsp3) is 0.385. The summed E-state index contributed by atoms with van der Waals surface area (Å²) in [7, 11) is 0. The highest BCUT2D eigenvalue weighted by molar-refractivity contribution is 5.99. The van der Waals surface area contributed by atoms with Crippen molar-refractivity contribution in [2.24, 2.45) is 16.6 Å². The van der Waals surface area contributed by atoms with E-state index in [9.17, 15) is 22.8 Å². The van der Waals surface area contributed by atoms with E-state index in [1.54, 1.807) is 41.4 Å². The number of nitrogens with two attached hydrogens (primary N) is 1. The second-order valence-electron chi connectivity index (χ2n) is 9.30. The van der Waals surface area contributed by atoms with Crippen molar-refractivity contribution in [2.45, 2.75) is 38.0 Å². The maximum atomic E-state index is 12.7. The van der Waals surface area contributed by atoms with E-state index in [0.29, 0.717) is 35.7 Å². The molecule has 40 heavy (non-hydrogen) atoms. The van der Waals surface area contributed by atoms with Crippen LogP contribution in [0.15, 0.2) is 41.0 Å². The summed E-state index contributed by atoms with van der Waals surface area (Å²) >= 11 is 0. The van der Waals surface area contributed by atoms with Crippen molar-refractivity contribution < 1.29 is 22.8 Å². The molecule has 2 aromatic rings. The predicted octanol–water partition coefficient (Wildman–Crippen LogP) is 3.47. The number of carbonyl (C=O) groups excluding carboxylic acids is 2. The minimum absolute atomic E-state index is 0.103. The number of imidazole rings is 1. The SMILES string of the molecule is CC(N=CC(C=N)/C(C=N)=C/c1ncc(-c2cccc(NC(=O)NCC(F)(F)F)c2)[nH]1)C(=O)N1CCC(N)CC1. The molecule has 2 heterocycles. The number of amides is 3. The van der Waals surface area contributed by atoms with Gasteiger partial charge in [0.05, 0.1) is 17.8 Å². The number of urea groups is 1. The van der Waals surface area contributed by atoms with E-state index in [2.05, 4.69) is 20.3 Å². The van der Waals surface area contributed by atoms with Crippen LogP contribution in [-0.4, -0.2) is 83.3 Å². The minimum atomic E-state index is -4.52. The van der Waals surface area contributed by atoms with Crippen LogP contribution < -0.4 is 16.4 Å². The molecule has 3 rings (SSSR count). The van der Waals surface area contributed by atoms with Gasteiger partial charge in [-0.05, 0) is 43.5 Å². The van der Waals surface area contributed by atoms with Crippen LogP contribution >= 0.6 is 0 Å². The first kappa shape index (κ1) is 30.2. The number of nitrogens with zero attached hydrogens (tertiary/aromatic N) is 3. The van der Waals surface area contributed by atoms with E-state index in [1.165, 1.54) is 18.5 Å². The molecular formula is C26H32F3N9O2. The first-order chi connectivity index (χ1) is 19.0. The Bertz CT molecular complexity index is 1260. The maximum Gasteiger partial charge on any atom is 0.405 e. The van der Waals surface area contributed by atoms with Crippen molar-refractivity contribution in [2.75, 3.05) is 25.0 Å². The van der Waals surface area contributed by atoms with Crippen molar-refractivity contribution in [3.05, 3.63) is 41.9 Å². The van der Waals surface area contributed by atoms with Crippen molar-refractivity contribution in [1.82, 2.24) is 20.2 Å². The fourth-order valence-electron chi connectivity index (χ4n) is 3.96. The Morgan fingerprint density at radius 1 is 1.30 bits per heavy atom. The van der Waals surface area contributed by atoms with Gasteiger partial charge in [-0.25, -0.2) is 9.78 Å². The quantitative estimate of drug-likeness (QED) is 0.245. The van der Waals surface area contributed by atoms with Gasteiger partial charge in [-0.2, -0.15) is 13.2 Å². The largest absolute Gasteiger partial charge is 0.405 e. The molecule has 214 valence electrons. The number of aliphatic imine (C=N–C) groups is 1. The van der Waals surface area contributed by atoms with E-state index in [-0.39, 0.29) is 17.6 Å². The standard InChI is InChI=1S/C26H32F3N9O2/c1-16(24(39)38-7-5-20(32)6-8-38)33-13-19(12-31)18(11-30)10-23-34-14-22(37-23)17-3-2-4-21(9-17)36-25(40)35-15-26(27,28)29/h2-4,9-14,16,19-20,30-31H,5-8,15,32H2,1H3,(H,34,37)(H2,35,36,40)/b18-10+,30-11?,31-12?,33-13?. The Morgan fingerprint density at radius 2 is 2.02 bits per heavy atom. The number of halogens is 3. The molecule has 0 spiro atoms. The second kappa shape index (κ2) is 13.6. The lowest BCUT2D eigenvalue weighted by atomic mass is 10.0. The van der Waals surface area contributed by atoms with E-state index in [4.69, 9.17) is 16.6 Å². The molecular weight excluding hydrogens is 527 g/mol. The fourth-order valence-corrected chi connectivity index (χ4v) is 3.96. The Hall–Kier alpha value is -4.33. The van der Waals surface area contributed by atoms with Crippen molar-refractivity contribution in [1.29, 1.82) is 10.8 Å². The summed E-state index contributed by atoms with van der Waals surface area (Å²) in [6.45, 7) is 1.41. The third kappa shape index (κ3) is 8.86. The summed E-state index contributed by atoms with van der Waals surface area (Å²) in [4.78, 5) is 37.9. The van der Waals surface area contributed by atoms with Crippen LogP contribution in [0.3, 0.4) is 0 Å². The number of aromatic amines is 1. The summed E-state index contributed by atoms with van der Waals surface area (Å²) < 4.78 is 36.9. The molecule has 1 aromatic heterocycles. The number of carbonyl (C=O) groups is 2. The van der Waals surface area contributed by atoms with Crippen LogP contribution in [0.4, 0.5) is 23.7 Å². The van der Waals surface area contributed by atoms with Crippen LogP contribution in [0.1, 0.15) is 25.6 Å². The molecule has 0 bridgehead atoms. The van der Waals surface area contributed by atoms with Crippen molar-refractivity contribution in [3.63, 3.8) is 0 Å². The van der Waals surface area contributed by atoms with Gasteiger partial charge in [-0.1, -0.05) is 12.1 Å². The van der Waals surface area contributed by atoms with Gasteiger partial charge in [-0.15, -0.1) is 0 Å². The highest BCUT2D eigenvalue weighted by atomic mass is 19.4. The van der Waals surface area contributed by atoms with Gasteiger partial charge >= 0.3 is 12.2 Å². The van der Waals surface area contributed by atoms with E-state index in [0.717, 1.165) is 25.3 Å². The number of H-pyrrole nitrogens is 1. The molecule has 1 aromatic carbocycles. The first-order valence-electron chi connectivity index (χ1n) is 12.6. The Morgan fingerprint density at radius 3 is 2.67 bits per heavy atom. The van der Waals surface area contributed by atoms with Crippen LogP contribution in [0.5, 0.6) is 0 Å². The van der Waals surface area contributed by atoms with Gasteiger partial charge in [0.2, 0.25) is 5.91 Å². The molecule has 1 aliphatic rings. The topological polar surface area (TPSA) is 176 Å². The molecule has 1 fully saturated rings. The Labute approximate surface area is 229 Å². The number of nitrogens with one attached hydrogen (secondary N) is 5. The van der Waals surface area contributed by atoms with Gasteiger partial charge < -0.3 is 37.1 Å². The number of benzene rings is 1. The highest BCUT2D eigenvalue weighted by Gasteiger charge is 2.28. The van der Waals surface area contributed by atoms with Crippen LogP contribution in [0, 0.1) is 16.7 Å². The average Bonchev–Trinajstić information content (AvgIpc) is 3.40. The molecule has 3 amide bonds. The van der Waals surface area contributed by atoms with Gasteiger partial charge in [0.1, 0.15) is 18.4 Å². The zero-order valence-corrected chi connectivity index (χ0v) is 21.8. The van der Waals surface area contributed by atoms with E-state index >= 15 is 0 Å². The molecule has 0 saturated carbocycles. The number of rotatable bonds is 10. The number of hydrogen-bond acceptors (Lipinski definition) is 7. The zero-order valence-electron chi connectivity index (χ0n) is 21.8. The lowest BCUT2D eigenvalue weighted by Gasteiger charge is -2.31. The first-order valence-corrected chi connectivity index (χ1v) is 12.6. The molecule has 1 aliphatic heterocycles. The van der Waals surface area contributed by atoms with Crippen molar-refractivity contribution >= 4 is 42.3 Å². The second-order valence-corrected chi connectivity index (χ2v) is 9.30. The molecule has 1 saturated heterocycles. The van der Waals surface area contributed by atoms with Crippen LogP contribution in [0.25, 0.3) is 17.3 Å². The van der Waals surface area contributed by atoms with E-state index in [1.807, 2.05) is 0 Å². The zero-order chi connectivity index (χ0) is 29.3. The molecule has 0 radical (unpaired) electrons. The molecule has 7 N–H and O–H groups in total. The molecule has 2 atom stereocenters. The number of aromatic nitrogens is 2. The van der Waals surface area contributed by atoms with Gasteiger partial charge in [0.25, 0.3) is 0 Å². The number of likely N-dealkylation sites (tertiary alicyclic amines) is 1. The summed E-state index contributed by atoms with van der Waals surface area (Å²) in [5, 5.41) is 19.7. The summed E-state index contributed by atoms with van der Waals surface area (Å²) in [6.07, 6.45) is 3.72. The van der Waals surface area contributed by atoms with E-state index < -0.39 is 30.7 Å². The van der Waals surface area contributed by atoms with Gasteiger partial charge in [0.15, 0.2) is 0 Å². The highest BCUT2D eigenvalue weighted by Crippen LogP contribution is 2.22. The number of piperidine rings is 1. The molecule has 2 unspecified atom stereocenters. The third-order valence-electron chi connectivity index (χ3n) is 6.19. The third-order valence-corrected chi connectivity index (χ3v) is 6.19. The minimum Gasteiger partial charge on any atom is -0.341 e. The van der Waals surface area contributed by atoms with Gasteiger partial charge in [0, 0.05) is 49.0 Å². The van der Waals surface area contributed by atoms with Gasteiger partial charge in [-0.3, -0.25) is 9.79 Å². The number of alkyl halides is 3. The summed E-state index contributed by atoms with van der Waals surface area (Å²) in [6, 6.07) is 4.90. The number of anilines is 1. The molecule has 0 aliphatic carbocycles. The predicted molar refractivity (Wildman–Crippen MR) is 148 cm³/mol.